The standard InChI is InChI=1S/C17H34N2/c1-4-14-6-5-10-19(11-9-14)17-12-15(13(2)3)7-8-16(17)18/h13-17H,4-12,18H2,1-3H3. The Bertz CT molecular complexity index is 264. The van der Waals surface area contributed by atoms with E-state index in [1.165, 1.54) is 58.0 Å². The minimum atomic E-state index is 0.424. The van der Waals surface area contributed by atoms with Crippen molar-refractivity contribution in [3.8, 4) is 0 Å². The van der Waals surface area contributed by atoms with E-state index < -0.39 is 0 Å². The lowest BCUT2D eigenvalue weighted by Gasteiger charge is -2.42. The van der Waals surface area contributed by atoms with Gasteiger partial charge >= 0.3 is 0 Å². The summed E-state index contributed by atoms with van der Waals surface area (Å²) in [6.45, 7) is 9.70. The third-order valence-electron chi connectivity index (χ3n) is 5.78. The summed E-state index contributed by atoms with van der Waals surface area (Å²) in [5.41, 5.74) is 6.45. The minimum absolute atomic E-state index is 0.424. The Morgan fingerprint density at radius 1 is 1.11 bits per heavy atom. The van der Waals surface area contributed by atoms with Crippen molar-refractivity contribution in [2.75, 3.05) is 13.1 Å². The SMILES string of the molecule is CCC1CCCN(C2CC(C(C)C)CCC2N)CC1. The normalized spacial score (nSPS) is 38.4. The Labute approximate surface area is 120 Å². The van der Waals surface area contributed by atoms with Gasteiger partial charge in [0.2, 0.25) is 0 Å². The van der Waals surface area contributed by atoms with Gasteiger partial charge in [0.05, 0.1) is 0 Å². The summed E-state index contributed by atoms with van der Waals surface area (Å²) in [5.74, 6) is 2.69. The van der Waals surface area contributed by atoms with Crippen molar-refractivity contribution in [2.24, 2.45) is 23.5 Å². The highest BCUT2D eigenvalue weighted by Gasteiger charge is 2.34. The topological polar surface area (TPSA) is 29.3 Å². The highest BCUT2D eigenvalue weighted by atomic mass is 15.2. The molecule has 0 spiro atoms. The van der Waals surface area contributed by atoms with Gasteiger partial charge in [-0.3, -0.25) is 4.90 Å². The maximum absolute atomic E-state index is 6.45. The van der Waals surface area contributed by atoms with Crippen molar-refractivity contribution in [2.45, 2.75) is 77.8 Å². The Morgan fingerprint density at radius 2 is 1.89 bits per heavy atom. The maximum Gasteiger partial charge on any atom is 0.0249 e. The Hall–Kier alpha value is -0.0800. The summed E-state index contributed by atoms with van der Waals surface area (Å²) in [6, 6.07) is 1.09. The molecule has 19 heavy (non-hydrogen) atoms. The van der Waals surface area contributed by atoms with Crippen molar-refractivity contribution in [3.05, 3.63) is 0 Å². The smallest absolute Gasteiger partial charge is 0.0249 e. The first-order valence-corrected chi connectivity index (χ1v) is 8.61. The lowest BCUT2D eigenvalue weighted by atomic mass is 9.76. The van der Waals surface area contributed by atoms with Gasteiger partial charge in [-0.15, -0.1) is 0 Å². The molecule has 2 nitrogen and oxygen atoms in total. The molecule has 1 aliphatic carbocycles. The molecule has 2 N–H and O–H groups in total. The van der Waals surface area contributed by atoms with E-state index >= 15 is 0 Å². The van der Waals surface area contributed by atoms with Crippen LogP contribution in [0.1, 0.15) is 65.7 Å². The van der Waals surface area contributed by atoms with E-state index in [1.807, 2.05) is 0 Å². The van der Waals surface area contributed by atoms with Gasteiger partial charge < -0.3 is 5.73 Å². The monoisotopic (exact) mass is 266 g/mol. The van der Waals surface area contributed by atoms with E-state index in [0.717, 1.165) is 17.8 Å². The van der Waals surface area contributed by atoms with Gasteiger partial charge in [0.15, 0.2) is 0 Å². The number of hydrogen-bond donors (Lipinski definition) is 1. The summed E-state index contributed by atoms with van der Waals surface area (Å²) < 4.78 is 0. The highest BCUT2D eigenvalue weighted by molar-refractivity contribution is 4.91. The first-order chi connectivity index (χ1) is 9.11. The van der Waals surface area contributed by atoms with E-state index in [-0.39, 0.29) is 0 Å². The Balaban J connectivity index is 1.94. The average molecular weight is 266 g/mol. The molecule has 4 unspecified atom stereocenters. The number of hydrogen-bond acceptors (Lipinski definition) is 2. The molecule has 112 valence electrons. The van der Waals surface area contributed by atoms with Gasteiger partial charge in [0.1, 0.15) is 0 Å². The lowest BCUT2D eigenvalue weighted by molar-refractivity contribution is 0.0984. The van der Waals surface area contributed by atoms with Crippen molar-refractivity contribution in [1.82, 2.24) is 4.90 Å². The quantitative estimate of drug-likeness (QED) is 0.845. The van der Waals surface area contributed by atoms with Crippen molar-refractivity contribution >= 4 is 0 Å². The van der Waals surface area contributed by atoms with Crippen LogP contribution in [0.3, 0.4) is 0 Å². The molecule has 0 aromatic carbocycles. The number of rotatable bonds is 3. The number of nitrogens with two attached hydrogens (primary N) is 1. The van der Waals surface area contributed by atoms with Crippen LogP contribution in [0.25, 0.3) is 0 Å². The molecule has 1 aliphatic heterocycles. The van der Waals surface area contributed by atoms with Gasteiger partial charge in [-0.2, -0.15) is 0 Å². The fraction of sp³-hybridized carbons (Fsp3) is 1.00. The van der Waals surface area contributed by atoms with E-state index in [2.05, 4.69) is 25.7 Å². The van der Waals surface area contributed by atoms with Gasteiger partial charge in [-0.1, -0.05) is 27.2 Å². The second-order valence-corrected chi connectivity index (χ2v) is 7.29. The zero-order valence-electron chi connectivity index (χ0n) is 13.3. The van der Waals surface area contributed by atoms with Gasteiger partial charge in [0.25, 0.3) is 0 Å². The van der Waals surface area contributed by atoms with Crippen LogP contribution in [0, 0.1) is 17.8 Å². The molecule has 1 saturated heterocycles. The predicted octanol–water partition coefficient (Wildman–Crippen LogP) is 3.65. The first-order valence-electron chi connectivity index (χ1n) is 8.61. The summed E-state index contributed by atoms with van der Waals surface area (Å²) in [4.78, 5) is 2.74. The van der Waals surface area contributed by atoms with E-state index in [1.54, 1.807) is 0 Å². The number of nitrogens with zero attached hydrogens (tertiary/aromatic N) is 1. The molecular weight excluding hydrogens is 232 g/mol. The largest absolute Gasteiger partial charge is 0.326 e. The van der Waals surface area contributed by atoms with Gasteiger partial charge in [0, 0.05) is 12.1 Å². The third-order valence-corrected chi connectivity index (χ3v) is 5.78. The average Bonchev–Trinajstić information content (AvgIpc) is 2.64. The molecule has 0 radical (unpaired) electrons. The van der Waals surface area contributed by atoms with Crippen molar-refractivity contribution in [1.29, 1.82) is 0 Å². The van der Waals surface area contributed by atoms with Gasteiger partial charge in [-0.05, 0) is 69.4 Å². The zero-order valence-corrected chi connectivity index (χ0v) is 13.3. The first kappa shape index (κ1) is 15.3. The Morgan fingerprint density at radius 3 is 2.58 bits per heavy atom. The molecule has 0 aromatic heterocycles. The second-order valence-electron chi connectivity index (χ2n) is 7.29. The van der Waals surface area contributed by atoms with Crippen LogP contribution in [0.5, 0.6) is 0 Å². The van der Waals surface area contributed by atoms with Crippen LogP contribution >= 0.6 is 0 Å². The van der Waals surface area contributed by atoms with Gasteiger partial charge in [-0.25, -0.2) is 0 Å². The van der Waals surface area contributed by atoms with Crippen molar-refractivity contribution in [3.63, 3.8) is 0 Å². The van der Waals surface area contributed by atoms with Crippen LogP contribution in [0.2, 0.25) is 0 Å². The van der Waals surface area contributed by atoms with Crippen LogP contribution < -0.4 is 5.73 Å². The molecule has 2 rings (SSSR count). The lowest BCUT2D eigenvalue weighted by Crippen LogP contribution is -2.52. The molecule has 4 atom stereocenters. The summed E-state index contributed by atoms with van der Waals surface area (Å²) in [5, 5.41) is 0. The molecule has 0 amide bonds. The molecule has 1 saturated carbocycles. The predicted molar refractivity (Wildman–Crippen MR) is 83.1 cm³/mol. The summed E-state index contributed by atoms with van der Waals surface area (Å²) in [6.07, 6.45) is 9.50. The maximum atomic E-state index is 6.45. The fourth-order valence-electron chi connectivity index (χ4n) is 4.15. The van der Waals surface area contributed by atoms with Crippen LogP contribution in [0.4, 0.5) is 0 Å². The van der Waals surface area contributed by atoms with E-state index in [9.17, 15) is 0 Å². The van der Waals surface area contributed by atoms with Crippen LogP contribution in [-0.2, 0) is 0 Å². The molecule has 1 heterocycles. The molecule has 0 bridgehead atoms. The van der Waals surface area contributed by atoms with Crippen LogP contribution in [-0.4, -0.2) is 30.1 Å². The second kappa shape index (κ2) is 7.08. The molecule has 0 aromatic rings. The molecule has 2 aliphatic rings. The summed E-state index contributed by atoms with van der Waals surface area (Å²) >= 11 is 0. The fourth-order valence-corrected chi connectivity index (χ4v) is 4.15. The third kappa shape index (κ3) is 3.95. The highest BCUT2D eigenvalue weighted by Crippen LogP contribution is 2.33. The Kier molecular flexibility index (Phi) is 5.70. The molecule has 2 fully saturated rings. The minimum Gasteiger partial charge on any atom is -0.326 e. The summed E-state index contributed by atoms with van der Waals surface area (Å²) in [7, 11) is 0. The molecule has 2 heteroatoms. The molecular formula is C17H34N2. The van der Waals surface area contributed by atoms with E-state index in [4.69, 9.17) is 5.73 Å². The van der Waals surface area contributed by atoms with Crippen molar-refractivity contribution < 1.29 is 0 Å². The zero-order chi connectivity index (χ0) is 13.8. The van der Waals surface area contributed by atoms with Crippen LogP contribution in [0.15, 0.2) is 0 Å². The number of likely N-dealkylation sites (tertiary alicyclic amines) is 1. The van der Waals surface area contributed by atoms with E-state index in [0.29, 0.717) is 12.1 Å².